The number of benzene rings is 1. The van der Waals surface area contributed by atoms with Gasteiger partial charge in [-0.1, -0.05) is 29.8 Å². The summed E-state index contributed by atoms with van der Waals surface area (Å²) in [6.07, 6.45) is 0.460. The van der Waals surface area contributed by atoms with Crippen LogP contribution in [0.15, 0.2) is 24.3 Å². The summed E-state index contributed by atoms with van der Waals surface area (Å²) in [5, 5.41) is 11.6. The minimum atomic E-state index is -0.877. The fraction of sp³-hybridized carbons (Fsp3) is 0.429. The molecule has 2 rings (SSSR count). The quantitative estimate of drug-likeness (QED) is 0.853. The maximum Gasteiger partial charge on any atom is 0.307 e. The number of amides is 1. The van der Waals surface area contributed by atoms with E-state index >= 15 is 0 Å². The average Bonchev–Trinajstić information content (AvgIpc) is 3.09. The third-order valence-corrected chi connectivity index (χ3v) is 3.38. The lowest BCUT2D eigenvalue weighted by Crippen LogP contribution is -2.29. The van der Waals surface area contributed by atoms with Crippen LogP contribution in [-0.2, 0) is 9.59 Å². The Morgan fingerprint density at radius 2 is 1.89 bits per heavy atom. The van der Waals surface area contributed by atoms with Crippen LogP contribution in [-0.4, -0.2) is 17.0 Å². The molecule has 0 spiro atoms. The topological polar surface area (TPSA) is 66.4 Å². The van der Waals surface area contributed by atoms with E-state index in [1.54, 1.807) is 0 Å². The highest BCUT2D eigenvalue weighted by Crippen LogP contribution is 2.39. The van der Waals surface area contributed by atoms with Crippen LogP contribution in [0.5, 0.6) is 0 Å². The van der Waals surface area contributed by atoms with Gasteiger partial charge in [0, 0.05) is 0 Å². The predicted molar refractivity (Wildman–Crippen MR) is 67.0 cm³/mol. The lowest BCUT2D eigenvalue weighted by atomic mass is 10.1. The second-order valence-electron chi connectivity index (χ2n) is 4.93. The normalized spacial score (nSPS) is 23.2. The molecule has 0 bridgehead atoms. The number of nitrogens with one attached hydrogen (secondary N) is 1. The van der Waals surface area contributed by atoms with Crippen molar-refractivity contribution in [3.8, 4) is 0 Å². The summed E-state index contributed by atoms with van der Waals surface area (Å²) >= 11 is 0. The highest BCUT2D eigenvalue weighted by atomic mass is 16.4. The summed E-state index contributed by atoms with van der Waals surface area (Å²) in [7, 11) is 0. The lowest BCUT2D eigenvalue weighted by Gasteiger charge is -2.14. The summed E-state index contributed by atoms with van der Waals surface area (Å²) in [5.74, 6) is -1.88. The third-order valence-electron chi connectivity index (χ3n) is 3.38. The minimum absolute atomic E-state index is 0.0897. The van der Waals surface area contributed by atoms with Crippen molar-refractivity contribution in [2.24, 2.45) is 11.8 Å². The zero-order valence-electron chi connectivity index (χ0n) is 10.5. The third kappa shape index (κ3) is 2.70. The van der Waals surface area contributed by atoms with Crippen LogP contribution in [0.1, 0.15) is 30.5 Å². The largest absolute Gasteiger partial charge is 0.481 e. The van der Waals surface area contributed by atoms with E-state index in [4.69, 9.17) is 5.11 Å². The lowest BCUT2D eigenvalue weighted by molar-refractivity contribution is -0.140. The number of hydrogen-bond donors (Lipinski definition) is 2. The monoisotopic (exact) mass is 247 g/mol. The first-order chi connectivity index (χ1) is 8.49. The van der Waals surface area contributed by atoms with Gasteiger partial charge in [-0.15, -0.1) is 0 Å². The van der Waals surface area contributed by atoms with E-state index in [0.29, 0.717) is 6.42 Å². The van der Waals surface area contributed by atoms with Crippen molar-refractivity contribution >= 4 is 11.9 Å². The summed E-state index contributed by atoms with van der Waals surface area (Å²) in [5.41, 5.74) is 2.20. The molecule has 1 amide bonds. The molecule has 4 heteroatoms. The van der Waals surface area contributed by atoms with E-state index in [0.717, 1.165) is 5.56 Å². The first-order valence-corrected chi connectivity index (χ1v) is 6.09. The number of carboxylic acid groups (broad SMARTS) is 1. The standard InChI is InChI=1S/C14H17NO3/c1-8-3-5-10(6-4-8)9(2)15-13(16)11-7-12(11)14(17)18/h3-6,9,11-12H,7H2,1-2H3,(H,15,16)(H,17,18)/t9-,11?,12?/m0/s1. The van der Waals surface area contributed by atoms with Crippen LogP contribution >= 0.6 is 0 Å². The molecule has 1 fully saturated rings. The van der Waals surface area contributed by atoms with Gasteiger partial charge in [-0.05, 0) is 25.8 Å². The molecule has 1 saturated carbocycles. The molecule has 18 heavy (non-hydrogen) atoms. The summed E-state index contributed by atoms with van der Waals surface area (Å²) in [4.78, 5) is 22.5. The minimum Gasteiger partial charge on any atom is -0.481 e. The van der Waals surface area contributed by atoms with Gasteiger partial charge >= 0.3 is 5.97 Å². The zero-order valence-corrected chi connectivity index (χ0v) is 10.5. The molecule has 1 aliphatic rings. The van der Waals surface area contributed by atoms with Gasteiger partial charge in [0.25, 0.3) is 0 Å². The van der Waals surface area contributed by atoms with Gasteiger partial charge in [0.2, 0.25) is 5.91 Å². The van der Waals surface area contributed by atoms with E-state index in [2.05, 4.69) is 5.32 Å². The molecule has 4 nitrogen and oxygen atoms in total. The fourth-order valence-corrected chi connectivity index (χ4v) is 2.02. The summed E-state index contributed by atoms with van der Waals surface area (Å²) in [6.45, 7) is 3.91. The Hall–Kier alpha value is -1.84. The van der Waals surface area contributed by atoms with E-state index in [1.807, 2.05) is 38.1 Å². The second kappa shape index (κ2) is 4.80. The van der Waals surface area contributed by atoms with Crippen molar-refractivity contribution in [2.45, 2.75) is 26.3 Å². The molecule has 0 radical (unpaired) electrons. The van der Waals surface area contributed by atoms with Crippen molar-refractivity contribution in [3.63, 3.8) is 0 Å². The van der Waals surface area contributed by atoms with E-state index in [9.17, 15) is 9.59 Å². The van der Waals surface area contributed by atoms with Crippen molar-refractivity contribution in [1.82, 2.24) is 5.32 Å². The Morgan fingerprint density at radius 3 is 2.39 bits per heavy atom. The molecule has 3 atom stereocenters. The Kier molecular flexibility index (Phi) is 3.36. The van der Waals surface area contributed by atoms with Gasteiger partial charge in [-0.25, -0.2) is 0 Å². The van der Waals surface area contributed by atoms with Crippen LogP contribution in [0.25, 0.3) is 0 Å². The highest BCUT2D eigenvalue weighted by Gasteiger charge is 2.48. The first-order valence-electron chi connectivity index (χ1n) is 6.09. The van der Waals surface area contributed by atoms with E-state index in [-0.39, 0.29) is 17.9 Å². The molecule has 1 aromatic carbocycles. The number of carboxylic acids is 1. The summed E-state index contributed by atoms with van der Waals surface area (Å²) < 4.78 is 0. The summed E-state index contributed by atoms with van der Waals surface area (Å²) in [6, 6.07) is 7.85. The smallest absolute Gasteiger partial charge is 0.307 e. The van der Waals surface area contributed by atoms with Gasteiger partial charge in [-0.3, -0.25) is 9.59 Å². The van der Waals surface area contributed by atoms with Crippen molar-refractivity contribution in [1.29, 1.82) is 0 Å². The number of aliphatic carboxylic acids is 1. The van der Waals surface area contributed by atoms with E-state index < -0.39 is 11.9 Å². The molecule has 0 aromatic heterocycles. The molecule has 0 saturated heterocycles. The molecule has 1 aliphatic carbocycles. The Balaban J connectivity index is 1.92. The maximum absolute atomic E-state index is 11.8. The molecule has 0 aliphatic heterocycles. The number of carbonyl (C=O) groups excluding carboxylic acids is 1. The Bertz CT molecular complexity index is 466. The Morgan fingerprint density at radius 1 is 1.28 bits per heavy atom. The number of carbonyl (C=O) groups is 2. The Labute approximate surface area is 106 Å². The molecular weight excluding hydrogens is 230 g/mol. The molecular formula is C14H17NO3. The van der Waals surface area contributed by atoms with Crippen LogP contribution in [0.3, 0.4) is 0 Å². The van der Waals surface area contributed by atoms with Crippen LogP contribution in [0, 0.1) is 18.8 Å². The molecule has 2 N–H and O–H groups in total. The fourth-order valence-electron chi connectivity index (χ4n) is 2.02. The van der Waals surface area contributed by atoms with Gasteiger partial charge in [0.15, 0.2) is 0 Å². The average molecular weight is 247 g/mol. The second-order valence-corrected chi connectivity index (χ2v) is 4.93. The maximum atomic E-state index is 11.8. The number of aryl methyl sites for hydroxylation is 1. The molecule has 0 heterocycles. The van der Waals surface area contributed by atoms with Gasteiger partial charge in [0.1, 0.15) is 0 Å². The number of rotatable bonds is 4. The van der Waals surface area contributed by atoms with Crippen molar-refractivity contribution in [3.05, 3.63) is 35.4 Å². The van der Waals surface area contributed by atoms with Crippen molar-refractivity contribution < 1.29 is 14.7 Å². The van der Waals surface area contributed by atoms with Crippen LogP contribution in [0.4, 0.5) is 0 Å². The van der Waals surface area contributed by atoms with Crippen LogP contribution in [0.2, 0.25) is 0 Å². The predicted octanol–water partition coefficient (Wildman–Crippen LogP) is 1.89. The first kappa shape index (κ1) is 12.6. The molecule has 2 unspecified atom stereocenters. The van der Waals surface area contributed by atoms with E-state index in [1.165, 1.54) is 5.56 Å². The zero-order chi connectivity index (χ0) is 13.3. The van der Waals surface area contributed by atoms with Crippen molar-refractivity contribution in [2.75, 3.05) is 0 Å². The molecule has 1 aromatic rings. The molecule has 96 valence electrons. The van der Waals surface area contributed by atoms with Gasteiger partial charge in [-0.2, -0.15) is 0 Å². The SMILES string of the molecule is Cc1ccc([C@H](C)NC(=O)C2CC2C(=O)O)cc1. The van der Waals surface area contributed by atoms with Gasteiger partial charge in [0.05, 0.1) is 17.9 Å². The van der Waals surface area contributed by atoms with Crippen LogP contribution < -0.4 is 5.32 Å². The van der Waals surface area contributed by atoms with Gasteiger partial charge < -0.3 is 10.4 Å². The highest BCUT2D eigenvalue weighted by molar-refractivity contribution is 5.89. The number of hydrogen-bond acceptors (Lipinski definition) is 2.